The Kier molecular flexibility index (Phi) is 4.78. The zero-order valence-corrected chi connectivity index (χ0v) is 15.3. The highest BCUT2D eigenvalue weighted by Crippen LogP contribution is 2.29. The number of aliphatic carboxylic acids is 1. The fourth-order valence-electron chi connectivity index (χ4n) is 3.40. The normalized spacial score (nSPS) is 11.0. The number of rotatable bonds is 4. The Hall–Kier alpha value is -2.39. The van der Waals surface area contributed by atoms with Gasteiger partial charge in [-0.3, -0.25) is 9.78 Å². The number of fused-ring (bicyclic) bond motifs is 1. The van der Waals surface area contributed by atoms with Crippen LogP contribution >= 0.6 is 11.6 Å². The van der Waals surface area contributed by atoms with Gasteiger partial charge in [0.05, 0.1) is 11.9 Å². The van der Waals surface area contributed by atoms with Crippen LogP contribution in [0.5, 0.6) is 0 Å². The highest BCUT2D eigenvalue weighted by Gasteiger charge is 2.15. The number of hydrogen-bond donors (Lipinski definition) is 1. The minimum Gasteiger partial charge on any atom is -0.481 e. The van der Waals surface area contributed by atoms with Crippen LogP contribution in [-0.2, 0) is 17.6 Å². The average Bonchev–Trinajstić information content (AvgIpc) is 2.51. The number of carboxylic acids is 1. The molecule has 0 aliphatic rings. The molecule has 0 unspecified atom stereocenters. The molecule has 0 aliphatic heterocycles. The summed E-state index contributed by atoms with van der Waals surface area (Å²) in [6.45, 7) is 6.04. The van der Waals surface area contributed by atoms with Gasteiger partial charge in [0.15, 0.2) is 0 Å². The standard InChI is InChI=1S/C21H20ClNO2/c1-12-8-16(11-20(24)25)21-13(2)18(14(3)23-19(21)9-12)10-15-4-6-17(22)7-5-15/h4-9H,10-11H2,1-3H3,(H,24,25). The zero-order chi connectivity index (χ0) is 18.1. The highest BCUT2D eigenvalue weighted by atomic mass is 35.5. The second kappa shape index (κ2) is 6.85. The number of pyridine rings is 1. The molecule has 128 valence electrons. The molecule has 0 atom stereocenters. The topological polar surface area (TPSA) is 50.2 Å². The Morgan fingerprint density at radius 1 is 1.12 bits per heavy atom. The average molecular weight is 354 g/mol. The second-order valence-corrected chi connectivity index (χ2v) is 6.93. The Balaban J connectivity index is 2.17. The van der Waals surface area contributed by atoms with Crippen molar-refractivity contribution in [3.05, 3.63) is 74.9 Å². The molecule has 0 aliphatic carbocycles. The van der Waals surface area contributed by atoms with Crippen molar-refractivity contribution in [1.82, 2.24) is 4.98 Å². The lowest BCUT2D eigenvalue weighted by Crippen LogP contribution is -2.06. The van der Waals surface area contributed by atoms with Crippen molar-refractivity contribution in [3.63, 3.8) is 0 Å². The molecule has 0 fully saturated rings. The molecule has 0 saturated heterocycles. The quantitative estimate of drug-likeness (QED) is 0.715. The van der Waals surface area contributed by atoms with Gasteiger partial charge in [-0.05, 0) is 73.2 Å². The molecule has 0 amide bonds. The van der Waals surface area contributed by atoms with E-state index in [2.05, 4.69) is 6.92 Å². The second-order valence-electron chi connectivity index (χ2n) is 6.49. The molecule has 1 N–H and O–H groups in total. The van der Waals surface area contributed by atoms with E-state index in [-0.39, 0.29) is 6.42 Å². The molecule has 25 heavy (non-hydrogen) atoms. The minimum atomic E-state index is -0.828. The fourth-order valence-corrected chi connectivity index (χ4v) is 3.53. The first kappa shape index (κ1) is 17.4. The molecule has 1 aromatic heterocycles. The first-order valence-electron chi connectivity index (χ1n) is 8.20. The van der Waals surface area contributed by atoms with Crippen LogP contribution in [0.2, 0.25) is 5.02 Å². The maximum Gasteiger partial charge on any atom is 0.307 e. The predicted octanol–water partition coefficient (Wildman–Crippen LogP) is 5.03. The van der Waals surface area contributed by atoms with Gasteiger partial charge in [-0.1, -0.05) is 29.8 Å². The largest absolute Gasteiger partial charge is 0.481 e. The van der Waals surface area contributed by atoms with E-state index in [9.17, 15) is 9.90 Å². The number of halogens is 1. The third kappa shape index (κ3) is 3.67. The van der Waals surface area contributed by atoms with Crippen LogP contribution in [0.3, 0.4) is 0 Å². The van der Waals surface area contributed by atoms with Gasteiger partial charge in [-0.2, -0.15) is 0 Å². The van der Waals surface area contributed by atoms with Crippen molar-refractivity contribution >= 4 is 28.5 Å². The maximum atomic E-state index is 11.3. The number of carboxylic acid groups (broad SMARTS) is 1. The third-order valence-electron chi connectivity index (χ3n) is 4.53. The molecule has 1 heterocycles. The van der Waals surface area contributed by atoms with Gasteiger partial charge in [-0.25, -0.2) is 0 Å². The van der Waals surface area contributed by atoms with Gasteiger partial charge in [0.2, 0.25) is 0 Å². The Bertz CT molecular complexity index is 962. The summed E-state index contributed by atoms with van der Waals surface area (Å²) in [6.07, 6.45) is 0.752. The lowest BCUT2D eigenvalue weighted by molar-refractivity contribution is -0.136. The summed E-state index contributed by atoms with van der Waals surface area (Å²) in [6, 6.07) is 11.8. The van der Waals surface area contributed by atoms with Gasteiger partial charge >= 0.3 is 5.97 Å². The van der Waals surface area contributed by atoms with Crippen molar-refractivity contribution in [2.24, 2.45) is 0 Å². The van der Waals surface area contributed by atoms with Gasteiger partial charge in [0.25, 0.3) is 0 Å². The monoisotopic (exact) mass is 353 g/mol. The fraction of sp³-hybridized carbons (Fsp3) is 0.238. The Labute approximate surface area is 152 Å². The highest BCUT2D eigenvalue weighted by molar-refractivity contribution is 6.30. The van der Waals surface area contributed by atoms with E-state index in [0.717, 1.165) is 50.8 Å². The summed E-state index contributed by atoms with van der Waals surface area (Å²) in [5, 5.41) is 10.9. The number of carbonyl (C=O) groups is 1. The molecular weight excluding hydrogens is 334 g/mol. The van der Waals surface area contributed by atoms with Crippen molar-refractivity contribution in [1.29, 1.82) is 0 Å². The van der Waals surface area contributed by atoms with Crippen molar-refractivity contribution < 1.29 is 9.90 Å². The smallest absolute Gasteiger partial charge is 0.307 e. The van der Waals surface area contributed by atoms with Crippen molar-refractivity contribution in [3.8, 4) is 0 Å². The van der Waals surface area contributed by atoms with Gasteiger partial charge in [0.1, 0.15) is 0 Å². The van der Waals surface area contributed by atoms with Crippen LogP contribution in [0.1, 0.15) is 33.5 Å². The molecule has 0 radical (unpaired) electrons. The first-order valence-corrected chi connectivity index (χ1v) is 8.58. The Morgan fingerprint density at radius 3 is 2.44 bits per heavy atom. The first-order chi connectivity index (χ1) is 11.8. The molecule has 3 rings (SSSR count). The van der Waals surface area contributed by atoms with E-state index in [4.69, 9.17) is 16.6 Å². The summed E-state index contributed by atoms with van der Waals surface area (Å²) in [4.78, 5) is 16.0. The number of aromatic nitrogens is 1. The van der Waals surface area contributed by atoms with Crippen LogP contribution in [0.15, 0.2) is 36.4 Å². The van der Waals surface area contributed by atoms with Crippen molar-refractivity contribution in [2.45, 2.75) is 33.6 Å². The zero-order valence-electron chi connectivity index (χ0n) is 14.6. The van der Waals surface area contributed by atoms with Crippen LogP contribution < -0.4 is 0 Å². The van der Waals surface area contributed by atoms with E-state index in [1.165, 1.54) is 0 Å². The molecular formula is C21H20ClNO2. The van der Waals surface area contributed by atoms with Gasteiger partial charge in [0, 0.05) is 16.1 Å². The van der Waals surface area contributed by atoms with Gasteiger partial charge in [-0.15, -0.1) is 0 Å². The number of hydrogen-bond acceptors (Lipinski definition) is 2. The number of benzene rings is 2. The summed E-state index contributed by atoms with van der Waals surface area (Å²) < 4.78 is 0. The summed E-state index contributed by atoms with van der Waals surface area (Å²) >= 11 is 5.97. The summed E-state index contributed by atoms with van der Waals surface area (Å²) in [5.41, 5.74) is 7.10. The van der Waals surface area contributed by atoms with Crippen LogP contribution in [0, 0.1) is 20.8 Å². The Morgan fingerprint density at radius 2 is 1.80 bits per heavy atom. The lowest BCUT2D eigenvalue weighted by atomic mass is 9.92. The van der Waals surface area contributed by atoms with E-state index >= 15 is 0 Å². The SMILES string of the molecule is Cc1cc(CC(=O)O)c2c(C)c(Cc3ccc(Cl)cc3)c(C)nc2c1. The van der Waals surface area contributed by atoms with Crippen molar-refractivity contribution in [2.75, 3.05) is 0 Å². The molecule has 3 aromatic rings. The summed E-state index contributed by atoms with van der Waals surface area (Å²) in [5.74, 6) is -0.828. The molecule has 3 nitrogen and oxygen atoms in total. The molecule has 0 spiro atoms. The lowest BCUT2D eigenvalue weighted by Gasteiger charge is -2.16. The van der Waals surface area contributed by atoms with Gasteiger partial charge < -0.3 is 5.11 Å². The summed E-state index contributed by atoms with van der Waals surface area (Å²) in [7, 11) is 0. The maximum absolute atomic E-state index is 11.3. The molecule has 0 bridgehead atoms. The predicted molar refractivity (Wildman–Crippen MR) is 102 cm³/mol. The van der Waals surface area contributed by atoms with Crippen LogP contribution in [0.4, 0.5) is 0 Å². The third-order valence-corrected chi connectivity index (χ3v) is 4.78. The van der Waals surface area contributed by atoms with E-state index < -0.39 is 5.97 Å². The van der Waals surface area contributed by atoms with Crippen LogP contribution in [0.25, 0.3) is 10.9 Å². The number of nitrogens with zero attached hydrogens (tertiary/aromatic N) is 1. The van der Waals surface area contributed by atoms with Crippen LogP contribution in [-0.4, -0.2) is 16.1 Å². The van der Waals surface area contributed by atoms with E-state index in [1.54, 1.807) is 0 Å². The van der Waals surface area contributed by atoms with E-state index in [1.807, 2.05) is 50.2 Å². The minimum absolute atomic E-state index is 0.00411. The van der Waals surface area contributed by atoms with E-state index in [0.29, 0.717) is 5.02 Å². The molecule has 4 heteroatoms. The molecule has 2 aromatic carbocycles. The number of aryl methyl sites for hydroxylation is 3. The molecule has 0 saturated carbocycles.